The predicted molar refractivity (Wildman–Crippen MR) is 368 cm³/mol. The van der Waals surface area contributed by atoms with E-state index in [0.717, 1.165) is 48.3 Å². The van der Waals surface area contributed by atoms with Gasteiger partial charge in [-0.05, 0) is 0 Å². The van der Waals surface area contributed by atoms with E-state index in [1.165, 1.54) is 161 Å². The van der Waals surface area contributed by atoms with Crippen molar-refractivity contribution in [3.8, 4) is 0 Å². The fraction of sp³-hybridized carbons (Fsp3) is 0.973. The first kappa shape index (κ1) is 67.8. The maximum atomic E-state index is 10.5. The molecule has 7 heterocycles. The fourth-order valence-electron chi connectivity index (χ4n) is 4.76. The second-order valence-electron chi connectivity index (χ2n) is 14.2. The molecular formula is C37H66Cl3OS21Sb3. The average Bonchev–Trinajstić information content (AvgIpc) is 3.14. The summed E-state index contributed by atoms with van der Waals surface area (Å²) < 4.78 is 0. The van der Waals surface area contributed by atoms with Crippen LogP contribution >= 0.6 is 256 Å². The van der Waals surface area contributed by atoms with Gasteiger partial charge in [-0.25, -0.2) is 0 Å². The summed E-state index contributed by atoms with van der Waals surface area (Å²) in [5.74, 6) is 38.7. The first-order valence-electron chi connectivity index (χ1n) is 21.5. The molecule has 1 nitrogen and oxygen atoms in total. The van der Waals surface area contributed by atoms with Gasteiger partial charge in [0.1, 0.15) is 0 Å². The Morgan fingerprint density at radius 1 is 0.354 bits per heavy atom. The van der Waals surface area contributed by atoms with Crippen LogP contribution < -0.4 is 0 Å². The Labute approximate surface area is 509 Å². The Bertz CT molecular complexity index is 979. The molecule has 7 fully saturated rings. The van der Waals surface area contributed by atoms with Crippen LogP contribution in [-0.2, 0) is 4.79 Å². The Morgan fingerprint density at radius 2 is 0.523 bits per heavy atom. The SMILES string of the molecule is C(C[S][Sb]([S]CCSC1CSC1)[S]CCSC1CSC1)SC1CSC1.C(C[S][Sb]([S]CCSC1CSC1)[S]CCSC1CSC1)SC1CSC1.CC(=O)SCCSC1CSC1.[Cl][Sb]([Cl])[Cl]. The Morgan fingerprint density at radius 3 is 0.662 bits per heavy atom. The third kappa shape index (κ3) is 37.9. The second kappa shape index (κ2) is 46.9. The predicted octanol–water partition coefficient (Wildman–Crippen LogP) is 15.2. The first-order chi connectivity index (χ1) is 31.8. The molecule has 7 rings (SSSR count). The molecule has 0 aromatic carbocycles. The van der Waals surface area contributed by atoms with E-state index in [0.29, 0.717) is 0 Å². The van der Waals surface area contributed by atoms with Crippen molar-refractivity contribution in [2.24, 2.45) is 0 Å². The van der Waals surface area contributed by atoms with Crippen LogP contribution in [0.5, 0.6) is 0 Å². The van der Waals surface area contributed by atoms with Gasteiger partial charge in [0.25, 0.3) is 0 Å². The van der Waals surface area contributed by atoms with Crippen LogP contribution in [0.1, 0.15) is 6.92 Å². The van der Waals surface area contributed by atoms with Crippen LogP contribution in [0, 0.1) is 0 Å². The first-order valence-corrected chi connectivity index (χ1v) is 72.0. The molecule has 7 saturated heterocycles. The molecule has 0 unspecified atom stereocenters. The number of rotatable bonds is 34. The standard InChI is InChI=1S/C7H12OS3.6C5H10S3.3ClH.3Sb/c1-6(8)10-2-3-11-7-4-9-5-7;6*6-1-2-8-5-3-7-4-5;;;;;;/h7H,2-5H2,1H3;6*5-6H,1-4H2;3*1H;;;/q;;;;;;;;;;3*+3/p-9. The van der Waals surface area contributed by atoms with Crippen LogP contribution in [0.3, 0.4) is 0 Å². The molecular weight excluding hydrogens is 1610 g/mol. The van der Waals surface area contributed by atoms with Crippen LogP contribution in [0.25, 0.3) is 0 Å². The topological polar surface area (TPSA) is 17.1 Å². The van der Waals surface area contributed by atoms with Crippen molar-refractivity contribution in [3.63, 3.8) is 0 Å². The Hall–Kier alpha value is 10.3. The van der Waals surface area contributed by atoms with Gasteiger partial charge in [0.15, 0.2) is 5.12 Å². The van der Waals surface area contributed by atoms with Crippen LogP contribution in [-0.4, -0.2) is 252 Å². The van der Waals surface area contributed by atoms with E-state index in [4.69, 9.17) is 26.5 Å². The van der Waals surface area contributed by atoms with Crippen molar-refractivity contribution in [3.05, 3.63) is 0 Å². The Balaban J connectivity index is 0.000000218. The van der Waals surface area contributed by atoms with E-state index < -0.39 is 48.8 Å². The van der Waals surface area contributed by atoms with Gasteiger partial charge in [0, 0.05) is 35.2 Å². The monoisotopic (exact) mass is 1670 g/mol. The van der Waals surface area contributed by atoms with Crippen molar-refractivity contribution in [1.82, 2.24) is 0 Å². The Kier molecular flexibility index (Phi) is 49.0. The molecule has 7 aliphatic heterocycles. The molecule has 0 aromatic heterocycles. The number of carbonyl (C=O) groups excluding carboxylic acids is 1. The van der Waals surface area contributed by atoms with Gasteiger partial charge < -0.3 is 0 Å². The van der Waals surface area contributed by atoms with Gasteiger partial charge in [0.2, 0.25) is 0 Å². The minimum atomic E-state index is -2.03. The van der Waals surface area contributed by atoms with Crippen molar-refractivity contribution in [2.45, 2.75) is 43.7 Å². The minimum absolute atomic E-state index is 0.244. The summed E-state index contributed by atoms with van der Waals surface area (Å²) in [5, 5.41) is 7.07. The zero-order valence-corrected chi connectivity index (χ0v) is 63.9. The number of hydrogen-bond acceptors (Lipinski definition) is 22. The molecule has 65 heavy (non-hydrogen) atoms. The van der Waals surface area contributed by atoms with E-state index in [2.05, 4.69) is 194 Å². The summed E-state index contributed by atoms with van der Waals surface area (Å²) in [7, 11) is 29.4. The molecule has 0 saturated carbocycles. The normalized spacial score (nSPS) is 20.5. The molecule has 28 heteroatoms. The fourth-order valence-corrected chi connectivity index (χ4v) is 75.9. The summed E-state index contributed by atoms with van der Waals surface area (Å²) in [6.45, 7) is 1.63. The maximum absolute atomic E-state index is 10.5. The molecule has 7 aliphatic rings. The summed E-state index contributed by atoms with van der Waals surface area (Å²) in [4.78, 5) is 10.5. The van der Waals surface area contributed by atoms with Gasteiger partial charge in [0.05, 0.1) is 0 Å². The number of hydrogen-bond donors (Lipinski definition) is 0. The summed E-state index contributed by atoms with van der Waals surface area (Å²) in [6.07, 6.45) is 0. The van der Waals surface area contributed by atoms with Crippen LogP contribution in [0.15, 0.2) is 0 Å². The second-order valence-corrected chi connectivity index (χ2v) is 88.0. The summed E-state index contributed by atoms with van der Waals surface area (Å²) in [6, 6.07) is 0. The number of halogens is 3. The van der Waals surface area contributed by atoms with E-state index >= 15 is 0 Å². The number of thioether (sulfide) groups is 15. The molecule has 0 radical (unpaired) electrons. The van der Waals surface area contributed by atoms with Crippen molar-refractivity contribution in [1.29, 1.82) is 0 Å². The van der Waals surface area contributed by atoms with Crippen LogP contribution in [0.4, 0.5) is 0 Å². The summed E-state index contributed by atoms with van der Waals surface area (Å²) in [5.41, 5.74) is 0. The molecule has 0 amide bonds. The van der Waals surface area contributed by atoms with E-state index in [1.807, 2.05) is 23.5 Å². The van der Waals surface area contributed by atoms with Gasteiger partial charge in [-0.3, -0.25) is 4.79 Å². The van der Waals surface area contributed by atoms with Crippen molar-refractivity contribution in [2.75, 3.05) is 161 Å². The zero-order chi connectivity index (χ0) is 46.0. The molecule has 0 spiro atoms. The molecule has 0 N–H and O–H groups in total. The van der Waals surface area contributed by atoms with Gasteiger partial charge >= 0.3 is 439 Å². The molecule has 0 atom stereocenters. The molecule has 0 bridgehead atoms. The average molecular weight is 1670 g/mol. The third-order valence-electron chi connectivity index (χ3n) is 8.80. The zero-order valence-electron chi connectivity index (χ0n) is 36.8. The molecule has 382 valence electrons. The van der Waals surface area contributed by atoms with E-state index in [1.54, 1.807) is 6.92 Å². The molecule has 0 aromatic rings. The molecule has 0 aliphatic carbocycles. The van der Waals surface area contributed by atoms with Crippen molar-refractivity contribution >= 4 is 310 Å². The number of carbonyl (C=O) groups is 1. The van der Waals surface area contributed by atoms with Crippen LogP contribution in [0.2, 0.25) is 0 Å². The van der Waals surface area contributed by atoms with Gasteiger partial charge in [-0.2, -0.15) is 23.5 Å². The summed E-state index contributed by atoms with van der Waals surface area (Å²) >= 11 is 27.3. The van der Waals surface area contributed by atoms with Crippen molar-refractivity contribution < 1.29 is 4.79 Å². The van der Waals surface area contributed by atoms with Gasteiger partial charge in [-0.15, -0.1) is 0 Å². The van der Waals surface area contributed by atoms with E-state index in [-0.39, 0.29) is 5.12 Å². The quantitative estimate of drug-likeness (QED) is 0.0449. The van der Waals surface area contributed by atoms with E-state index in [9.17, 15) is 4.79 Å². The third-order valence-corrected chi connectivity index (χ3v) is 81.3. The van der Waals surface area contributed by atoms with Gasteiger partial charge in [-0.1, -0.05) is 11.8 Å².